The molecule has 0 heterocycles. The second-order valence-electron chi connectivity index (χ2n) is 7.24. The molecule has 0 radical (unpaired) electrons. The number of carbonyl (C=O) groups is 4. The molecular weight excluding hydrogens is 444 g/mol. The van der Waals surface area contributed by atoms with E-state index in [0.717, 1.165) is 9.80 Å². The topological polar surface area (TPSA) is 205 Å². The van der Waals surface area contributed by atoms with Gasteiger partial charge in [-0.25, -0.2) is 0 Å². The normalized spacial score (nSPS) is 14.9. The van der Waals surface area contributed by atoms with E-state index >= 15 is 0 Å². The summed E-state index contributed by atoms with van der Waals surface area (Å²) < 4.78 is 5.32. The van der Waals surface area contributed by atoms with E-state index in [-0.39, 0.29) is 12.8 Å². The van der Waals surface area contributed by atoms with Gasteiger partial charge < -0.3 is 35.4 Å². The van der Waals surface area contributed by atoms with Crippen molar-refractivity contribution in [2.45, 2.75) is 37.1 Å². The molecule has 4 atom stereocenters. The van der Waals surface area contributed by atoms with Crippen LogP contribution in [0.3, 0.4) is 0 Å². The molecule has 0 aliphatic heterocycles. The number of nitrogens with zero attached hydrogens (tertiary/aromatic N) is 2. The minimum Gasteiger partial charge on any atom is -0.480 e. The van der Waals surface area contributed by atoms with Crippen LogP contribution in [-0.2, 0) is 23.9 Å². The zero-order chi connectivity index (χ0) is 25.6. The Balaban J connectivity index is 5.24. The van der Waals surface area contributed by atoms with Gasteiger partial charge in [0.15, 0.2) is 0 Å². The smallest absolute Gasteiger partial charge is 0.317 e. The highest BCUT2D eigenvalue weighted by Gasteiger charge is 2.31. The summed E-state index contributed by atoms with van der Waals surface area (Å²) in [5.41, 5.74) is 0. The fourth-order valence-electron chi connectivity index (χ4n) is 3.25. The first-order chi connectivity index (χ1) is 15.4. The van der Waals surface area contributed by atoms with E-state index in [1.165, 1.54) is 12.2 Å². The maximum absolute atomic E-state index is 11.1. The van der Waals surface area contributed by atoms with Crippen molar-refractivity contribution < 1.29 is 54.6 Å². The number of ether oxygens (including phenoxy) is 1. The molecule has 0 saturated heterocycles. The number of rotatable bonds is 20. The fourth-order valence-corrected chi connectivity index (χ4v) is 3.25. The molecule has 0 aromatic rings. The van der Waals surface area contributed by atoms with E-state index in [4.69, 9.17) is 25.2 Å². The average Bonchev–Trinajstić information content (AvgIpc) is 2.67. The van der Waals surface area contributed by atoms with Gasteiger partial charge in [-0.3, -0.25) is 29.0 Å². The molecule has 0 aliphatic rings. The van der Waals surface area contributed by atoms with Crippen LogP contribution in [0.25, 0.3) is 0 Å². The van der Waals surface area contributed by atoms with Crippen molar-refractivity contribution in [2.75, 3.05) is 39.4 Å². The monoisotopic (exact) mass is 476 g/mol. The van der Waals surface area contributed by atoms with Crippen molar-refractivity contribution in [1.29, 1.82) is 0 Å². The molecule has 0 aliphatic carbocycles. The lowest BCUT2D eigenvalue weighted by atomic mass is 10.0. The van der Waals surface area contributed by atoms with Gasteiger partial charge in [-0.15, -0.1) is 13.2 Å². The molecule has 4 unspecified atom stereocenters. The second-order valence-corrected chi connectivity index (χ2v) is 7.24. The van der Waals surface area contributed by atoms with Gasteiger partial charge in [-0.1, -0.05) is 12.2 Å². The van der Waals surface area contributed by atoms with Crippen molar-refractivity contribution in [3.05, 3.63) is 25.3 Å². The lowest BCUT2D eigenvalue weighted by Crippen LogP contribution is -2.51. The molecule has 0 amide bonds. The molecule has 0 fully saturated rings. The van der Waals surface area contributed by atoms with Crippen LogP contribution in [0.4, 0.5) is 0 Å². The minimum absolute atomic E-state index is 0.0533. The SMILES string of the molecule is C=CCC(C(O)COCC(O)C(CC=C)N(CC(=O)O)CC(=O)O)N(CC(=O)O)CC(=O)O. The van der Waals surface area contributed by atoms with Crippen LogP contribution >= 0.6 is 0 Å². The number of hydrogen-bond donors (Lipinski definition) is 6. The van der Waals surface area contributed by atoms with E-state index in [1.54, 1.807) is 0 Å². The Labute approximate surface area is 190 Å². The summed E-state index contributed by atoms with van der Waals surface area (Å²) in [7, 11) is 0. The highest BCUT2D eigenvalue weighted by Crippen LogP contribution is 2.14. The molecule has 13 nitrogen and oxygen atoms in total. The van der Waals surface area contributed by atoms with Crippen LogP contribution in [0.2, 0.25) is 0 Å². The molecule has 188 valence electrons. The second kappa shape index (κ2) is 15.9. The summed E-state index contributed by atoms with van der Waals surface area (Å²) >= 11 is 0. The first-order valence-electron chi connectivity index (χ1n) is 9.93. The zero-order valence-electron chi connectivity index (χ0n) is 18.2. The number of carboxylic acids is 4. The van der Waals surface area contributed by atoms with E-state index in [9.17, 15) is 29.4 Å². The Bertz CT molecular complexity index is 597. The van der Waals surface area contributed by atoms with E-state index in [1.807, 2.05) is 0 Å². The average molecular weight is 476 g/mol. The quantitative estimate of drug-likeness (QED) is 0.111. The van der Waals surface area contributed by atoms with Gasteiger partial charge in [-0.2, -0.15) is 0 Å². The molecular formula is C20H32N2O11. The van der Waals surface area contributed by atoms with Gasteiger partial charge in [0.2, 0.25) is 0 Å². The first kappa shape index (κ1) is 30.2. The lowest BCUT2D eigenvalue weighted by Gasteiger charge is -2.33. The maximum Gasteiger partial charge on any atom is 0.317 e. The maximum atomic E-state index is 11.1. The molecule has 6 N–H and O–H groups in total. The van der Waals surface area contributed by atoms with Crippen molar-refractivity contribution in [3.63, 3.8) is 0 Å². The van der Waals surface area contributed by atoms with Crippen LogP contribution < -0.4 is 0 Å². The van der Waals surface area contributed by atoms with Crippen LogP contribution in [0.5, 0.6) is 0 Å². The predicted molar refractivity (Wildman–Crippen MR) is 114 cm³/mol. The Morgan fingerprint density at radius 3 is 1.15 bits per heavy atom. The van der Waals surface area contributed by atoms with Gasteiger partial charge in [-0.05, 0) is 12.8 Å². The molecule has 0 aromatic carbocycles. The fraction of sp³-hybridized carbons (Fsp3) is 0.600. The number of hydrogen-bond acceptors (Lipinski definition) is 9. The molecule has 0 aromatic heterocycles. The van der Waals surface area contributed by atoms with Crippen molar-refractivity contribution in [3.8, 4) is 0 Å². The minimum atomic E-state index is -1.35. The lowest BCUT2D eigenvalue weighted by molar-refractivity contribution is -0.145. The standard InChI is InChI=1S/C20H32N2O11/c1-3-5-13(21(7-17(25)26)8-18(27)28)15(23)11-33-12-16(24)14(6-4-2)22(9-19(29)30)10-20(31)32/h3-4,13-16,23-24H,1-2,5-12H2,(H,25,26)(H,27,28)(H,29,30)(H,31,32). The van der Waals surface area contributed by atoms with E-state index in [0.29, 0.717) is 0 Å². The molecule has 0 bridgehead atoms. The summed E-state index contributed by atoms with van der Waals surface area (Å²) in [6.07, 6.45) is 0.182. The molecule has 0 rings (SSSR count). The number of aliphatic hydroxyl groups excluding tert-OH is 2. The number of aliphatic carboxylic acids is 4. The van der Waals surface area contributed by atoms with Gasteiger partial charge in [0.1, 0.15) is 0 Å². The Morgan fingerprint density at radius 2 is 0.939 bits per heavy atom. The van der Waals surface area contributed by atoms with Gasteiger partial charge in [0.05, 0.1) is 51.6 Å². The Morgan fingerprint density at radius 1 is 0.667 bits per heavy atom. The third-order valence-corrected chi connectivity index (χ3v) is 4.57. The molecule has 0 spiro atoms. The van der Waals surface area contributed by atoms with Crippen LogP contribution in [0.15, 0.2) is 25.3 Å². The highest BCUT2D eigenvalue weighted by molar-refractivity contribution is 5.73. The summed E-state index contributed by atoms with van der Waals surface area (Å²) in [5, 5.41) is 57.1. The predicted octanol–water partition coefficient (Wildman–Crippen LogP) is -1.44. The molecule has 13 heteroatoms. The van der Waals surface area contributed by atoms with Crippen molar-refractivity contribution in [1.82, 2.24) is 9.80 Å². The Kier molecular flexibility index (Phi) is 14.5. The zero-order valence-corrected chi connectivity index (χ0v) is 18.2. The Hall–Kier alpha value is -2.84. The van der Waals surface area contributed by atoms with Crippen molar-refractivity contribution in [2.24, 2.45) is 0 Å². The van der Waals surface area contributed by atoms with E-state index < -0.39 is 87.6 Å². The summed E-state index contributed by atoms with van der Waals surface area (Å²) in [4.78, 5) is 46.4. The summed E-state index contributed by atoms with van der Waals surface area (Å²) in [6.45, 7) is 3.62. The summed E-state index contributed by atoms with van der Waals surface area (Å²) in [5.74, 6) is -5.17. The third kappa shape index (κ3) is 12.7. The van der Waals surface area contributed by atoms with Gasteiger partial charge >= 0.3 is 23.9 Å². The molecule has 0 saturated carbocycles. The number of aliphatic hydroxyl groups is 2. The highest BCUT2D eigenvalue weighted by atomic mass is 16.5. The van der Waals surface area contributed by atoms with Gasteiger partial charge in [0, 0.05) is 12.1 Å². The summed E-state index contributed by atoms with van der Waals surface area (Å²) in [6, 6.07) is -1.90. The van der Waals surface area contributed by atoms with Crippen LogP contribution in [-0.4, -0.2) is 128 Å². The first-order valence-corrected chi connectivity index (χ1v) is 9.93. The third-order valence-electron chi connectivity index (χ3n) is 4.57. The van der Waals surface area contributed by atoms with Crippen molar-refractivity contribution >= 4 is 23.9 Å². The molecule has 33 heavy (non-hydrogen) atoms. The van der Waals surface area contributed by atoms with Gasteiger partial charge in [0.25, 0.3) is 0 Å². The van der Waals surface area contributed by atoms with E-state index in [2.05, 4.69) is 13.2 Å². The van der Waals surface area contributed by atoms with Crippen LogP contribution in [0.1, 0.15) is 12.8 Å². The van der Waals surface area contributed by atoms with Crippen LogP contribution in [0, 0.1) is 0 Å². The largest absolute Gasteiger partial charge is 0.480 e. The number of carboxylic acid groups (broad SMARTS) is 4.